The maximum Gasteiger partial charge on any atom is 0.417 e. The van der Waals surface area contributed by atoms with Gasteiger partial charge in [-0.15, -0.1) is 0 Å². The number of rotatable bonds is 7. The van der Waals surface area contributed by atoms with E-state index in [-0.39, 0.29) is 34.1 Å². The highest BCUT2D eigenvalue weighted by Crippen LogP contribution is 2.38. The zero-order valence-electron chi connectivity index (χ0n) is 20.0. The Kier molecular flexibility index (Phi) is 7.01. The van der Waals surface area contributed by atoms with Gasteiger partial charge >= 0.3 is 6.18 Å². The van der Waals surface area contributed by atoms with Crippen LogP contribution in [0.4, 0.5) is 18.9 Å². The number of hydrogen-bond acceptors (Lipinski definition) is 7. The number of ketones is 1. The van der Waals surface area contributed by atoms with Gasteiger partial charge in [0.2, 0.25) is 5.78 Å². The van der Waals surface area contributed by atoms with Gasteiger partial charge in [-0.3, -0.25) is 14.5 Å². The zero-order chi connectivity index (χ0) is 28.0. The second kappa shape index (κ2) is 9.80. The minimum Gasteiger partial charge on any atom is -0.489 e. The number of carbonyl (C=O) groups excluding carboxylic acids is 1. The van der Waals surface area contributed by atoms with Crippen LogP contribution in [0, 0.1) is 6.92 Å². The predicted molar refractivity (Wildman–Crippen MR) is 131 cm³/mol. The number of pyridine rings is 2. The molecule has 38 heavy (non-hydrogen) atoms. The summed E-state index contributed by atoms with van der Waals surface area (Å²) < 4.78 is 74.8. The van der Waals surface area contributed by atoms with Crippen molar-refractivity contribution >= 4 is 33.1 Å². The number of halogens is 4. The number of nitrogens with zero attached hydrogens (tertiary/aromatic N) is 3. The molecule has 2 N–H and O–H groups in total. The van der Waals surface area contributed by atoms with Gasteiger partial charge in [-0.05, 0) is 56.7 Å². The molecule has 3 heterocycles. The van der Waals surface area contributed by atoms with Crippen molar-refractivity contribution in [3.63, 3.8) is 0 Å². The number of ether oxygens (including phenoxy) is 1. The number of sulfonamides is 1. The molecule has 4 rings (SSSR count). The minimum absolute atomic E-state index is 0.0169. The molecule has 0 aliphatic carbocycles. The smallest absolute Gasteiger partial charge is 0.417 e. The van der Waals surface area contributed by atoms with E-state index in [2.05, 4.69) is 14.7 Å². The van der Waals surface area contributed by atoms with E-state index in [4.69, 9.17) is 16.3 Å². The summed E-state index contributed by atoms with van der Waals surface area (Å²) >= 11 is 5.62. The van der Waals surface area contributed by atoms with Gasteiger partial charge in [0.05, 0.1) is 39.0 Å². The Morgan fingerprint density at radius 1 is 1.18 bits per heavy atom. The molecule has 0 spiro atoms. The first-order chi connectivity index (χ1) is 17.7. The van der Waals surface area contributed by atoms with E-state index in [0.29, 0.717) is 16.4 Å². The summed E-state index contributed by atoms with van der Waals surface area (Å²) in [5, 5.41) is 9.60. The lowest BCUT2D eigenvalue weighted by Gasteiger charge is -2.19. The van der Waals surface area contributed by atoms with Crippen LogP contribution in [0.3, 0.4) is 0 Å². The highest BCUT2D eigenvalue weighted by Gasteiger charge is 2.35. The number of carbonyl (C=O) groups is 1. The second-order valence-electron chi connectivity index (χ2n) is 8.54. The standard InChI is InChI=1S/C24H20ClF3N4O5S/c1-12(2)37-19-11-32(34)23-15(6-7-29-23)20(19)22(33)21-18(8-13(3)10-30-21)31-38(35,36)14-4-5-17(25)16(9-14)24(26,27)28/h4-12,31,34H,1-3H3. The van der Waals surface area contributed by atoms with Crippen molar-refractivity contribution in [1.29, 1.82) is 0 Å². The fourth-order valence-electron chi connectivity index (χ4n) is 3.69. The van der Waals surface area contributed by atoms with Gasteiger partial charge in [-0.1, -0.05) is 11.6 Å². The number of aromatic nitrogens is 3. The lowest BCUT2D eigenvalue weighted by atomic mass is 10.00. The number of benzene rings is 1. The molecular weight excluding hydrogens is 549 g/mol. The van der Waals surface area contributed by atoms with Gasteiger partial charge in [0.15, 0.2) is 11.6 Å². The summed E-state index contributed by atoms with van der Waals surface area (Å²) in [5.41, 5.74) is -1.33. The lowest BCUT2D eigenvalue weighted by Crippen LogP contribution is -2.20. The monoisotopic (exact) mass is 568 g/mol. The van der Waals surface area contributed by atoms with E-state index in [1.54, 1.807) is 20.8 Å². The van der Waals surface area contributed by atoms with E-state index in [0.717, 1.165) is 18.3 Å². The third kappa shape index (κ3) is 5.24. The van der Waals surface area contributed by atoms with Crippen LogP contribution >= 0.6 is 11.6 Å². The van der Waals surface area contributed by atoms with E-state index in [1.807, 2.05) is 0 Å². The molecule has 9 nitrogen and oxygen atoms in total. The summed E-state index contributed by atoms with van der Waals surface area (Å²) in [7, 11) is -4.62. The van der Waals surface area contributed by atoms with Crippen LogP contribution in [0.5, 0.6) is 5.75 Å². The molecule has 0 radical (unpaired) electrons. The van der Waals surface area contributed by atoms with Crippen molar-refractivity contribution in [3.05, 3.63) is 76.3 Å². The molecule has 14 heteroatoms. The normalized spacial score (nSPS) is 12.2. The first-order valence-corrected chi connectivity index (χ1v) is 12.8. The van der Waals surface area contributed by atoms with Crippen molar-refractivity contribution in [1.82, 2.24) is 14.7 Å². The molecule has 0 saturated carbocycles. The molecule has 2 aliphatic rings. The van der Waals surface area contributed by atoms with Gasteiger partial charge < -0.3 is 9.94 Å². The van der Waals surface area contributed by atoms with Crippen molar-refractivity contribution in [2.24, 2.45) is 0 Å². The maximum atomic E-state index is 13.8. The maximum absolute atomic E-state index is 13.8. The summed E-state index contributed by atoms with van der Waals surface area (Å²) in [6.07, 6.45) is -1.46. The zero-order valence-corrected chi connectivity index (χ0v) is 21.6. The molecule has 1 aromatic carbocycles. The van der Waals surface area contributed by atoms with Crippen LogP contribution in [0.2, 0.25) is 5.02 Å². The van der Waals surface area contributed by atoms with Crippen LogP contribution in [0.15, 0.2) is 53.8 Å². The molecule has 0 unspecified atom stereocenters. The topological polar surface area (TPSA) is 123 Å². The van der Waals surface area contributed by atoms with Gasteiger partial charge in [-0.2, -0.15) is 17.9 Å². The molecule has 0 saturated heterocycles. The molecule has 2 aromatic rings. The number of hydrogen-bond donors (Lipinski definition) is 2. The van der Waals surface area contributed by atoms with Crippen LogP contribution in [0.25, 0.3) is 11.4 Å². The van der Waals surface area contributed by atoms with Crippen LogP contribution in [-0.2, 0) is 16.2 Å². The van der Waals surface area contributed by atoms with Crippen molar-refractivity contribution in [2.45, 2.75) is 37.9 Å². The van der Waals surface area contributed by atoms with Gasteiger partial charge in [0, 0.05) is 18.0 Å². The van der Waals surface area contributed by atoms with E-state index in [9.17, 15) is 31.6 Å². The number of nitrogens with one attached hydrogen (secondary N) is 1. The van der Waals surface area contributed by atoms with E-state index < -0.39 is 43.6 Å². The quantitative estimate of drug-likeness (QED) is 0.225. The highest BCUT2D eigenvalue weighted by molar-refractivity contribution is 7.92. The molecule has 0 atom stereocenters. The molecule has 2 aliphatic heterocycles. The van der Waals surface area contributed by atoms with Crippen molar-refractivity contribution < 1.29 is 36.3 Å². The number of anilines is 1. The Morgan fingerprint density at radius 2 is 1.89 bits per heavy atom. The first-order valence-electron chi connectivity index (χ1n) is 11.0. The Bertz CT molecular complexity index is 1620. The van der Waals surface area contributed by atoms with Gasteiger partial charge in [0.1, 0.15) is 5.69 Å². The van der Waals surface area contributed by atoms with Crippen LogP contribution in [0.1, 0.15) is 41.0 Å². The largest absolute Gasteiger partial charge is 0.489 e. The molecule has 200 valence electrons. The third-order valence-electron chi connectivity index (χ3n) is 5.28. The average Bonchev–Trinajstić information content (AvgIpc) is 3.28. The first kappa shape index (κ1) is 27.2. The molecule has 1 aromatic heterocycles. The van der Waals surface area contributed by atoms with Gasteiger partial charge in [-0.25, -0.2) is 13.4 Å². The van der Waals surface area contributed by atoms with Crippen LogP contribution in [-0.4, -0.2) is 40.2 Å². The Labute approximate surface area is 220 Å². The molecule has 0 amide bonds. The van der Waals surface area contributed by atoms with Gasteiger partial charge in [0.25, 0.3) is 10.0 Å². The van der Waals surface area contributed by atoms with Crippen molar-refractivity contribution in [3.8, 4) is 17.1 Å². The summed E-state index contributed by atoms with van der Waals surface area (Å²) in [6.45, 7) is 5.00. The molecular formula is C24H20ClF3N4O5S. The number of fused-ring (bicyclic) bond motifs is 1. The molecule has 0 fully saturated rings. The Morgan fingerprint density at radius 3 is 2.55 bits per heavy atom. The second-order valence-corrected chi connectivity index (χ2v) is 10.6. The minimum atomic E-state index is -4.89. The summed E-state index contributed by atoms with van der Waals surface area (Å²) in [4.78, 5) is 21.2. The fraction of sp³-hybridized carbons (Fsp3) is 0.208. The lowest BCUT2D eigenvalue weighted by molar-refractivity contribution is -0.137. The Hall–Kier alpha value is -3.84. The third-order valence-corrected chi connectivity index (χ3v) is 6.97. The highest BCUT2D eigenvalue weighted by atomic mass is 35.5. The van der Waals surface area contributed by atoms with Crippen LogP contribution < -0.4 is 9.46 Å². The Balaban J connectivity index is 1.83. The number of alkyl halides is 3. The van der Waals surface area contributed by atoms with E-state index >= 15 is 0 Å². The number of aryl methyl sites for hydroxylation is 1. The average molecular weight is 569 g/mol. The van der Waals surface area contributed by atoms with E-state index in [1.165, 1.54) is 24.5 Å². The summed E-state index contributed by atoms with van der Waals surface area (Å²) in [5.74, 6) is -0.750. The summed E-state index contributed by atoms with van der Waals surface area (Å²) in [6, 6.07) is 4.92. The fourth-order valence-corrected chi connectivity index (χ4v) is 5.00. The van der Waals surface area contributed by atoms with Crippen molar-refractivity contribution in [2.75, 3.05) is 4.72 Å². The predicted octanol–water partition coefficient (Wildman–Crippen LogP) is 5.42. The molecule has 0 bridgehead atoms. The SMILES string of the molecule is Cc1cnc(C(=O)c2c(OC(C)C)cn(O)c3nccc2-3)c(NS(=O)(=O)c2ccc(Cl)c(C(F)(F)F)c2)c1.